The Morgan fingerprint density at radius 2 is 1.95 bits per heavy atom. The number of hydrogen-bond acceptors (Lipinski definition) is 7. The van der Waals surface area contributed by atoms with Crippen molar-refractivity contribution < 1.29 is 85.1 Å². The van der Waals surface area contributed by atoms with E-state index in [0.29, 0.717) is 6.42 Å². The van der Waals surface area contributed by atoms with Crippen LogP contribution < -0.4 is 61.8 Å². The van der Waals surface area contributed by atoms with E-state index in [0.717, 1.165) is 0 Å². The number of hydrogen-bond donors (Lipinski definition) is 1. The molecule has 0 aromatic heterocycles. The van der Waals surface area contributed by atoms with E-state index in [1.54, 1.807) is 0 Å². The van der Waals surface area contributed by atoms with Crippen LogP contribution in [0.1, 0.15) is 19.3 Å². The first-order chi connectivity index (χ1) is 8.95. The first-order valence-corrected chi connectivity index (χ1v) is 5.73. The van der Waals surface area contributed by atoms with Gasteiger partial charge in [-0.2, -0.15) is 0 Å². The molecule has 0 aromatic rings. The molecule has 0 spiro atoms. The Hall–Kier alpha value is -0.194. The van der Waals surface area contributed by atoms with Gasteiger partial charge in [-0.05, 0) is 19.3 Å². The Morgan fingerprint density at radius 1 is 1.35 bits per heavy atom. The number of rotatable bonds is 7. The first-order valence-electron chi connectivity index (χ1n) is 5.73. The summed E-state index contributed by atoms with van der Waals surface area (Å²) in [6.45, 7) is 0.114. The monoisotopic (exact) mass is 313 g/mol. The van der Waals surface area contributed by atoms with Crippen molar-refractivity contribution in [3.05, 3.63) is 0 Å². The molecule has 1 aliphatic heterocycles. The molecule has 1 aliphatic rings. The maximum atomic E-state index is 11.4. The summed E-state index contributed by atoms with van der Waals surface area (Å²) in [6, 6.07) is -0.880. The predicted molar refractivity (Wildman–Crippen MR) is 58.9 cm³/mol. The van der Waals surface area contributed by atoms with Gasteiger partial charge in [-0.15, -0.1) is 0 Å². The second kappa shape index (κ2) is 8.95. The molecule has 2 atom stereocenters. The van der Waals surface area contributed by atoms with Gasteiger partial charge in [-0.25, -0.2) is 9.59 Å². The van der Waals surface area contributed by atoms with Gasteiger partial charge < -0.3 is 29.4 Å². The van der Waals surface area contributed by atoms with Crippen molar-refractivity contribution in [3.63, 3.8) is 0 Å². The van der Waals surface area contributed by atoms with E-state index in [9.17, 15) is 19.5 Å². The summed E-state index contributed by atoms with van der Waals surface area (Å²) in [4.78, 5) is 33.2. The van der Waals surface area contributed by atoms with Crippen LogP contribution in [-0.4, -0.2) is 50.5 Å². The summed E-state index contributed by atoms with van der Waals surface area (Å²) in [5.74, 6) is -1.88. The molecule has 1 rings (SSSR count). The number of methoxy groups -OCH3 is 2. The number of carboxylic acids is 1. The average molecular weight is 313 g/mol. The van der Waals surface area contributed by atoms with Crippen LogP contribution in [0, 0.1) is 0 Å². The van der Waals surface area contributed by atoms with Crippen LogP contribution in [0.15, 0.2) is 0 Å². The van der Waals surface area contributed by atoms with Crippen LogP contribution in [-0.2, 0) is 23.8 Å². The summed E-state index contributed by atoms with van der Waals surface area (Å²) < 4.78 is 13.8. The number of epoxide rings is 1. The van der Waals surface area contributed by atoms with Gasteiger partial charge in [-0.1, -0.05) is 0 Å². The van der Waals surface area contributed by atoms with Crippen LogP contribution in [0.25, 0.3) is 0 Å². The number of carboxylic acid groups (broad SMARTS) is 1. The Labute approximate surface area is 158 Å². The number of carbonyl (C=O) groups is 3. The molecule has 0 bridgehead atoms. The molecular formula is C11H16KNO7. The third-order valence-corrected chi connectivity index (χ3v) is 2.90. The van der Waals surface area contributed by atoms with E-state index in [2.05, 4.69) is 14.8 Å². The van der Waals surface area contributed by atoms with Crippen molar-refractivity contribution in [1.82, 2.24) is 5.32 Å². The van der Waals surface area contributed by atoms with Gasteiger partial charge in [0.2, 0.25) is 0 Å². The van der Waals surface area contributed by atoms with Gasteiger partial charge in [0.1, 0.15) is 11.6 Å². The second-order valence-corrected chi connectivity index (χ2v) is 4.17. The number of aliphatic carboxylic acids is 1. The minimum Gasteiger partial charge on any atom is -0.547 e. The minimum atomic E-state index is -1.26. The topological polar surface area (TPSA) is 117 Å². The van der Waals surface area contributed by atoms with Crippen molar-refractivity contribution in [2.45, 2.75) is 30.9 Å². The zero-order valence-electron chi connectivity index (χ0n) is 11.8. The van der Waals surface area contributed by atoms with E-state index in [1.165, 1.54) is 14.2 Å². The molecule has 9 heteroatoms. The molecule has 108 valence electrons. The maximum absolute atomic E-state index is 11.4. The summed E-state index contributed by atoms with van der Waals surface area (Å²) in [5, 5.41) is 13.1. The Morgan fingerprint density at radius 3 is 2.35 bits per heavy atom. The molecule has 8 nitrogen and oxygen atoms in total. The second-order valence-electron chi connectivity index (χ2n) is 4.17. The van der Waals surface area contributed by atoms with Gasteiger partial charge in [0.15, 0.2) is 0 Å². The van der Waals surface area contributed by atoms with E-state index in [-0.39, 0.29) is 70.8 Å². The van der Waals surface area contributed by atoms with Crippen molar-refractivity contribution in [1.29, 1.82) is 0 Å². The van der Waals surface area contributed by atoms with Crippen LogP contribution in [0.3, 0.4) is 0 Å². The third-order valence-electron chi connectivity index (χ3n) is 2.90. The summed E-state index contributed by atoms with van der Waals surface area (Å²) >= 11 is 0. The number of nitrogens with one attached hydrogen (secondary N) is 1. The van der Waals surface area contributed by atoms with Crippen molar-refractivity contribution in [2.24, 2.45) is 0 Å². The number of ether oxygens (including phenoxy) is 3. The summed E-state index contributed by atoms with van der Waals surface area (Å²) in [6.07, 6.45) is 0.0385. The zero-order valence-corrected chi connectivity index (χ0v) is 14.9. The van der Waals surface area contributed by atoms with Gasteiger partial charge in [0.25, 0.3) is 0 Å². The average Bonchev–Trinajstić information content (AvgIpc) is 3.17. The third kappa shape index (κ3) is 5.66. The van der Waals surface area contributed by atoms with E-state index in [4.69, 9.17) is 4.74 Å². The smallest absolute Gasteiger partial charge is 0.547 e. The van der Waals surface area contributed by atoms with Gasteiger partial charge in [0.05, 0.1) is 26.8 Å². The molecule has 1 saturated heterocycles. The molecule has 0 saturated carbocycles. The Kier molecular flexibility index (Phi) is 8.87. The van der Waals surface area contributed by atoms with Crippen molar-refractivity contribution in [3.8, 4) is 0 Å². The first kappa shape index (κ1) is 19.8. The molecular weight excluding hydrogens is 297 g/mol. The van der Waals surface area contributed by atoms with Crippen LogP contribution in [0.5, 0.6) is 0 Å². The van der Waals surface area contributed by atoms with Crippen molar-refractivity contribution >= 4 is 18.0 Å². The number of esters is 1. The summed E-state index contributed by atoms with van der Waals surface area (Å²) in [7, 11) is 2.37. The molecule has 1 amide bonds. The molecule has 0 radical (unpaired) electrons. The van der Waals surface area contributed by atoms with Gasteiger partial charge in [-0.3, -0.25) is 0 Å². The predicted octanol–water partition coefficient (Wildman–Crippen LogP) is -4.42. The fourth-order valence-electron chi connectivity index (χ4n) is 1.64. The fourth-order valence-corrected chi connectivity index (χ4v) is 1.64. The molecule has 1 fully saturated rings. The number of amides is 1. The SMILES string of the molecule is COC(=O)NC(CCCC1(C(=O)[O-])CO1)C(=O)OC.[K+]. The van der Waals surface area contributed by atoms with E-state index < -0.39 is 29.7 Å². The molecule has 1 N–H and O–H groups in total. The van der Waals surface area contributed by atoms with E-state index >= 15 is 0 Å². The molecule has 1 heterocycles. The number of carbonyl (C=O) groups excluding carboxylic acids is 3. The molecule has 0 aliphatic carbocycles. The molecule has 0 aromatic carbocycles. The molecule has 20 heavy (non-hydrogen) atoms. The maximum Gasteiger partial charge on any atom is 1.00 e. The number of alkyl carbamates (subject to hydrolysis) is 1. The van der Waals surface area contributed by atoms with E-state index in [1.807, 2.05) is 0 Å². The van der Waals surface area contributed by atoms with Crippen molar-refractivity contribution in [2.75, 3.05) is 20.8 Å². The van der Waals surface area contributed by atoms with Crippen LogP contribution in [0.2, 0.25) is 0 Å². The minimum absolute atomic E-state index is 0. The largest absolute Gasteiger partial charge is 1.00 e. The fraction of sp³-hybridized carbons (Fsp3) is 0.727. The quantitative estimate of drug-likeness (QED) is 0.286. The normalized spacial score (nSPS) is 21.1. The molecule has 2 unspecified atom stereocenters. The standard InChI is InChI=1S/C11H17NO7.K/c1-17-8(13)7(12-10(16)18-2)4-3-5-11(6-19-11)9(14)15;/h7H,3-6H2,1-2H3,(H,12,16)(H,14,15);/q;+1/p-1. The Bertz CT molecular complexity index is 370. The van der Waals surface area contributed by atoms with Crippen LogP contribution >= 0.6 is 0 Å². The zero-order chi connectivity index (χ0) is 14.5. The summed E-state index contributed by atoms with van der Waals surface area (Å²) in [5.41, 5.74) is -1.23. The van der Waals surface area contributed by atoms with Gasteiger partial charge >= 0.3 is 63.4 Å². The van der Waals surface area contributed by atoms with Crippen LogP contribution in [0.4, 0.5) is 4.79 Å². The van der Waals surface area contributed by atoms with Gasteiger partial charge in [0, 0.05) is 0 Å². The Balaban J connectivity index is 0.00000361.